The summed E-state index contributed by atoms with van der Waals surface area (Å²) in [5, 5.41) is 19.2. The number of aromatic nitrogens is 2. The van der Waals surface area contributed by atoms with Crippen LogP contribution in [0.5, 0.6) is 0 Å². The molecule has 8 heteroatoms. The number of halogens is 1. The first-order chi connectivity index (χ1) is 16.9. The number of furan rings is 1. The third-order valence-electron chi connectivity index (χ3n) is 6.59. The number of carbonyl (C=O) groups excluding carboxylic acids is 1. The molecule has 0 spiro atoms. The minimum Gasteiger partial charge on any atom is -0.478 e. The van der Waals surface area contributed by atoms with Gasteiger partial charge in [-0.1, -0.05) is 35.9 Å². The Bertz CT molecular complexity index is 1610. The lowest BCUT2D eigenvalue weighted by atomic mass is 10.0. The lowest BCUT2D eigenvalue weighted by Crippen LogP contribution is -2.35. The quantitative estimate of drug-likeness (QED) is 0.326. The van der Waals surface area contributed by atoms with Crippen LogP contribution in [-0.2, 0) is 12.1 Å². The molecule has 0 radical (unpaired) electrons. The molecular formula is C27H20ClN3O4. The molecule has 0 unspecified atom stereocenters. The molecule has 35 heavy (non-hydrogen) atoms. The van der Waals surface area contributed by atoms with E-state index in [9.17, 15) is 14.7 Å². The molecule has 0 saturated heterocycles. The molecule has 6 rings (SSSR count). The SMILES string of the molecule is O=C(O)c1ccc(C2(NC(=O)c3cc4ccoc4c4cnn(Cc5cccc(Cl)c5)c34)CC2)cc1. The molecule has 1 amide bonds. The van der Waals surface area contributed by atoms with E-state index >= 15 is 0 Å². The summed E-state index contributed by atoms with van der Waals surface area (Å²) in [6.45, 7) is 0.443. The van der Waals surface area contributed by atoms with Gasteiger partial charge in [-0.25, -0.2) is 4.79 Å². The Balaban J connectivity index is 1.40. The summed E-state index contributed by atoms with van der Waals surface area (Å²) < 4.78 is 7.50. The Labute approximate surface area is 204 Å². The van der Waals surface area contributed by atoms with Crippen LogP contribution in [0, 0.1) is 0 Å². The molecule has 3 aromatic carbocycles. The number of rotatable bonds is 6. The Hall–Kier alpha value is -4.10. The highest BCUT2D eigenvalue weighted by Gasteiger charge is 2.46. The number of hydrogen-bond acceptors (Lipinski definition) is 4. The second kappa shape index (κ2) is 7.99. The van der Waals surface area contributed by atoms with Crippen molar-refractivity contribution in [2.75, 3.05) is 0 Å². The zero-order valence-electron chi connectivity index (χ0n) is 18.5. The summed E-state index contributed by atoms with van der Waals surface area (Å²) in [4.78, 5) is 24.9. The van der Waals surface area contributed by atoms with Crippen LogP contribution < -0.4 is 5.32 Å². The average molecular weight is 486 g/mol. The Kier molecular flexibility index (Phi) is 4.89. The summed E-state index contributed by atoms with van der Waals surface area (Å²) in [5.74, 6) is -1.19. The third-order valence-corrected chi connectivity index (χ3v) is 6.82. The molecule has 174 valence electrons. The largest absolute Gasteiger partial charge is 0.478 e. The number of carbonyl (C=O) groups is 2. The van der Waals surface area contributed by atoms with Crippen molar-refractivity contribution in [3.05, 3.63) is 100 Å². The molecule has 1 fully saturated rings. The van der Waals surface area contributed by atoms with Gasteiger partial charge in [-0.15, -0.1) is 0 Å². The molecule has 1 saturated carbocycles. The van der Waals surface area contributed by atoms with Crippen LogP contribution in [0.4, 0.5) is 0 Å². The topological polar surface area (TPSA) is 97.4 Å². The van der Waals surface area contributed by atoms with Crippen molar-refractivity contribution in [3.8, 4) is 0 Å². The number of nitrogens with zero attached hydrogens (tertiary/aromatic N) is 2. The summed E-state index contributed by atoms with van der Waals surface area (Å²) in [6.07, 6.45) is 4.89. The van der Waals surface area contributed by atoms with Gasteiger partial charge in [-0.3, -0.25) is 9.48 Å². The van der Waals surface area contributed by atoms with Crippen molar-refractivity contribution in [2.24, 2.45) is 0 Å². The van der Waals surface area contributed by atoms with E-state index in [1.807, 2.05) is 36.4 Å². The molecule has 2 N–H and O–H groups in total. The Morgan fingerprint density at radius 3 is 2.63 bits per heavy atom. The maximum Gasteiger partial charge on any atom is 0.335 e. The maximum absolute atomic E-state index is 13.7. The summed E-state index contributed by atoms with van der Waals surface area (Å²) in [7, 11) is 0. The van der Waals surface area contributed by atoms with E-state index in [0.29, 0.717) is 28.2 Å². The van der Waals surface area contributed by atoms with Crippen molar-refractivity contribution in [3.63, 3.8) is 0 Å². The lowest BCUT2D eigenvalue weighted by Gasteiger charge is -2.19. The van der Waals surface area contributed by atoms with Crippen LogP contribution in [0.1, 0.15) is 44.7 Å². The van der Waals surface area contributed by atoms with Crippen LogP contribution >= 0.6 is 11.6 Å². The third kappa shape index (κ3) is 3.74. The molecule has 1 aliphatic carbocycles. The molecule has 0 aliphatic heterocycles. The van der Waals surface area contributed by atoms with Gasteiger partial charge in [-0.2, -0.15) is 5.10 Å². The average Bonchev–Trinajstić information content (AvgIpc) is 3.26. The first-order valence-electron chi connectivity index (χ1n) is 11.2. The summed E-state index contributed by atoms with van der Waals surface area (Å²) in [5.41, 5.74) is 3.43. The summed E-state index contributed by atoms with van der Waals surface area (Å²) >= 11 is 6.17. The Morgan fingerprint density at radius 1 is 1.11 bits per heavy atom. The van der Waals surface area contributed by atoms with Gasteiger partial charge < -0.3 is 14.8 Å². The fraction of sp³-hybridized carbons (Fsp3) is 0.148. The number of carboxylic acid groups (broad SMARTS) is 1. The van der Waals surface area contributed by atoms with E-state index in [0.717, 1.165) is 34.7 Å². The van der Waals surface area contributed by atoms with Crippen LogP contribution in [0.2, 0.25) is 5.02 Å². The number of nitrogens with one attached hydrogen (secondary N) is 1. The first kappa shape index (κ1) is 21.4. The van der Waals surface area contributed by atoms with Crippen LogP contribution in [-0.4, -0.2) is 26.8 Å². The zero-order valence-corrected chi connectivity index (χ0v) is 19.2. The highest BCUT2D eigenvalue weighted by atomic mass is 35.5. The second-order valence-electron chi connectivity index (χ2n) is 8.88. The van der Waals surface area contributed by atoms with Crippen LogP contribution in [0.3, 0.4) is 0 Å². The number of hydrogen-bond donors (Lipinski definition) is 2. The van der Waals surface area contributed by atoms with E-state index in [2.05, 4.69) is 10.4 Å². The zero-order chi connectivity index (χ0) is 24.2. The van der Waals surface area contributed by atoms with Gasteiger partial charge in [0.05, 0.1) is 46.6 Å². The van der Waals surface area contributed by atoms with Crippen molar-refractivity contribution < 1.29 is 19.1 Å². The van der Waals surface area contributed by atoms with Crippen LogP contribution in [0.25, 0.3) is 21.9 Å². The molecule has 2 heterocycles. The van der Waals surface area contributed by atoms with Gasteiger partial charge in [0.1, 0.15) is 5.58 Å². The van der Waals surface area contributed by atoms with Gasteiger partial charge in [-0.05, 0) is 60.4 Å². The van der Waals surface area contributed by atoms with E-state index in [1.165, 1.54) is 0 Å². The lowest BCUT2D eigenvalue weighted by molar-refractivity contribution is 0.0696. The first-order valence-corrected chi connectivity index (χ1v) is 11.6. The summed E-state index contributed by atoms with van der Waals surface area (Å²) in [6, 6.07) is 17.9. The highest BCUT2D eigenvalue weighted by molar-refractivity contribution is 6.30. The molecule has 7 nitrogen and oxygen atoms in total. The molecule has 2 aromatic heterocycles. The van der Waals surface area contributed by atoms with Gasteiger partial charge >= 0.3 is 5.97 Å². The molecule has 1 aliphatic rings. The van der Waals surface area contributed by atoms with Crippen molar-refractivity contribution >= 4 is 45.3 Å². The molecule has 0 bridgehead atoms. The van der Waals surface area contributed by atoms with E-state index in [1.54, 1.807) is 41.4 Å². The van der Waals surface area contributed by atoms with E-state index in [-0.39, 0.29) is 11.5 Å². The maximum atomic E-state index is 13.7. The van der Waals surface area contributed by atoms with E-state index < -0.39 is 11.5 Å². The second-order valence-corrected chi connectivity index (χ2v) is 9.31. The number of aromatic carboxylic acids is 1. The van der Waals surface area contributed by atoms with Crippen molar-refractivity contribution in [2.45, 2.75) is 24.9 Å². The fourth-order valence-corrected chi connectivity index (χ4v) is 4.85. The predicted molar refractivity (Wildman–Crippen MR) is 132 cm³/mol. The number of benzene rings is 3. The van der Waals surface area contributed by atoms with Gasteiger partial charge in [0, 0.05) is 10.4 Å². The number of amides is 1. The fourth-order valence-electron chi connectivity index (χ4n) is 4.64. The van der Waals surface area contributed by atoms with Crippen molar-refractivity contribution in [1.29, 1.82) is 0 Å². The normalized spacial score (nSPS) is 14.3. The van der Waals surface area contributed by atoms with Gasteiger partial charge in [0.2, 0.25) is 0 Å². The minimum atomic E-state index is -0.978. The van der Waals surface area contributed by atoms with Gasteiger partial charge in [0.25, 0.3) is 5.91 Å². The Morgan fingerprint density at radius 2 is 1.91 bits per heavy atom. The standard InChI is InChI=1S/C27H20ClN3O4/c28-20-3-1-2-16(12-20)15-31-23-21(13-18-8-11-35-24(18)22(23)14-29-31)25(32)30-27(9-10-27)19-6-4-17(5-7-19)26(33)34/h1-8,11-14H,9-10,15H2,(H,30,32)(H,33,34). The van der Waals surface area contributed by atoms with E-state index in [4.69, 9.17) is 16.0 Å². The monoisotopic (exact) mass is 485 g/mol. The molecule has 5 aromatic rings. The van der Waals surface area contributed by atoms with Crippen molar-refractivity contribution in [1.82, 2.24) is 15.1 Å². The molecule has 0 atom stereocenters. The highest BCUT2D eigenvalue weighted by Crippen LogP contribution is 2.46. The molecular weight excluding hydrogens is 466 g/mol. The predicted octanol–water partition coefficient (Wildman–Crippen LogP) is 5.60. The smallest absolute Gasteiger partial charge is 0.335 e. The van der Waals surface area contributed by atoms with Gasteiger partial charge in [0.15, 0.2) is 0 Å². The minimum absolute atomic E-state index is 0.216. The number of carboxylic acids is 1. The van der Waals surface area contributed by atoms with Crippen LogP contribution in [0.15, 0.2) is 77.5 Å². The number of fused-ring (bicyclic) bond motifs is 3.